The third-order valence-corrected chi connectivity index (χ3v) is 3.37. The van der Waals surface area contributed by atoms with Gasteiger partial charge in [0.2, 0.25) is 0 Å². The first-order chi connectivity index (χ1) is 8.57. The fourth-order valence-electron chi connectivity index (χ4n) is 2.44. The van der Waals surface area contributed by atoms with Gasteiger partial charge in [-0.05, 0) is 12.8 Å². The number of aromatic nitrogens is 2. The van der Waals surface area contributed by atoms with Gasteiger partial charge in [-0.25, -0.2) is 9.97 Å². The van der Waals surface area contributed by atoms with Gasteiger partial charge in [-0.3, -0.25) is 0 Å². The van der Waals surface area contributed by atoms with Crippen molar-refractivity contribution in [3.05, 3.63) is 24.3 Å². The molecule has 6 heteroatoms. The van der Waals surface area contributed by atoms with Crippen LogP contribution in [0.15, 0.2) is 18.7 Å². The highest BCUT2D eigenvalue weighted by molar-refractivity contribution is 5.02. The van der Waals surface area contributed by atoms with E-state index in [0.717, 1.165) is 12.0 Å². The molecule has 2 atom stereocenters. The first-order valence-electron chi connectivity index (χ1n) is 6.11. The van der Waals surface area contributed by atoms with Gasteiger partial charge in [-0.15, -0.1) is 0 Å². The summed E-state index contributed by atoms with van der Waals surface area (Å²) in [7, 11) is 0. The standard InChI is InChI=1S/C12H16F3N3/c13-12(14,15)10-3-1-2-4-11(10)18-7-9-5-16-8-17-6-9/h5-6,8,10-11,18H,1-4,7H2. The van der Waals surface area contributed by atoms with Crippen molar-refractivity contribution in [2.45, 2.75) is 44.4 Å². The van der Waals surface area contributed by atoms with Gasteiger partial charge in [0.1, 0.15) is 6.33 Å². The molecule has 0 aromatic carbocycles. The minimum absolute atomic E-state index is 0.229. The second kappa shape index (κ2) is 5.65. The molecule has 1 aromatic heterocycles. The lowest BCUT2D eigenvalue weighted by atomic mass is 9.84. The van der Waals surface area contributed by atoms with Crippen LogP contribution < -0.4 is 5.32 Å². The fourth-order valence-corrected chi connectivity index (χ4v) is 2.44. The van der Waals surface area contributed by atoms with Gasteiger partial charge in [-0.2, -0.15) is 13.2 Å². The molecule has 1 aromatic rings. The van der Waals surface area contributed by atoms with E-state index in [1.165, 1.54) is 6.33 Å². The van der Waals surface area contributed by atoms with E-state index < -0.39 is 18.1 Å². The van der Waals surface area contributed by atoms with E-state index in [4.69, 9.17) is 0 Å². The lowest BCUT2D eigenvalue weighted by Gasteiger charge is -2.33. The molecule has 0 amide bonds. The van der Waals surface area contributed by atoms with Gasteiger partial charge in [0.05, 0.1) is 5.92 Å². The Labute approximate surface area is 104 Å². The minimum atomic E-state index is -4.11. The molecule has 1 saturated carbocycles. The van der Waals surface area contributed by atoms with Crippen molar-refractivity contribution >= 4 is 0 Å². The monoisotopic (exact) mass is 259 g/mol. The van der Waals surface area contributed by atoms with Crippen LogP contribution in [0.4, 0.5) is 13.2 Å². The molecular formula is C12H16F3N3. The smallest absolute Gasteiger partial charge is 0.309 e. The molecule has 0 spiro atoms. The molecular weight excluding hydrogens is 243 g/mol. The van der Waals surface area contributed by atoms with Crippen LogP contribution in [0.5, 0.6) is 0 Å². The Morgan fingerprint density at radius 3 is 2.50 bits per heavy atom. The predicted molar refractivity (Wildman–Crippen MR) is 60.7 cm³/mol. The van der Waals surface area contributed by atoms with Crippen molar-refractivity contribution in [1.82, 2.24) is 15.3 Å². The van der Waals surface area contributed by atoms with E-state index >= 15 is 0 Å². The topological polar surface area (TPSA) is 37.8 Å². The molecule has 1 heterocycles. The zero-order chi connectivity index (χ0) is 13.0. The SMILES string of the molecule is FC(F)(F)C1CCCCC1NCc1cncnc1. The van der Waals surface area contributed by atoms with Crippen molar-refractivity contribution in [1.29, 1.82) is 0 Å². The van der Waals surface area contributed by atoms with Gasteiger partial charge in [-0.1, -0.05) is 12.8 Å². The molecule has 0 bridgehead atoms. The lowest BCUT2D eigenvalue weighted by molar-refractivity contribution is -0.189. The van der Waals surface area contributed by atoms with Crippen molar-refractivity contribution in [2.75, 3.05) is 0 Å². The summed E-state index contributed by atoms with van der Waals surface area (Å²) in [5.41, 5.74) is 0.809. The van der Waals surface area contributed by atoms with E-state index in [0.29, 0.717) is 19.4 Å². The Kier molecular flexibility index (Phi) is 4.16. The Morgan fingerprint density at radius 2 is 1.83 bits per heavy atom. The average Bonchev–Trinajstić information content (AvgIpc) is 2.37. The van der Waals surface area contributed by atoms with E-state index in [1.54, 1.807) is 12.4 Å². The third-order valence-electron chi connectivity index (χ3n) is 3.37. The van der Waals surface area contributed by atoms with Crippen LogP contribution in [0, 0.1) is 5.92 Å². The summed E-state index contributed by atoms with van der Waals surface area (Å²) >= 11 is 0. The maximum absolute atomic E-state index is 12.9. The summed E-state index contributed by atoms with van der Waals surface area (Å²) in [4.78, 5) is 7.69. The molecule has 2 unspecified atom stereocenters. The van der Waals surface area contributed by atoms with Crippen LogP contribution in [0.3, 0.4) is 0 Å². The predicted octanol–water partition coefficient (Wildman–Crippen LogP) is 2.69. The summed E-state index contributed by atoms with van der Waals surface area (Å²) in [6.45, 7) is 0.387. The summed E-state index contributed by atoms with van der Waals surface area (Å²) in [5, 5.41) is 2.99. The molecule has 18 heavy (non-hydrogen) atoms. The van der Waals surface area contributed by atoms with Crippen LogP contribution >= 0.6 is 0 Å². The highest BCUT2D eigenvalue weighted by atomic mass is 19.4. The Bertz CT molecular complexity index is 367. The molecule has 1 N–H and O–H groups in total. The summed E-state index contributed by atoms with van der Waals surface area (Å²) < 4.78 is 38.6. The second-order valence-corrected chi connectivity index (χ2v) is 4.67. The fraction of sp³-hybridized carbons (Fsp3) is 0.667. The van der Waals surface area contributed by atoms with Crippen LogP contribution in [-0.4, -0.2) is 22.2 Å². The largest absolute Gasteiger partial charge is 0.393 e. The third kappa shape index (κ3) is 3.41. The van der Waals surface area contributed by atoms with Gasteiger partial charge in [0.15, 0.2) is 0 Å². The quantitative estimate of drug-likeness (QED) is 0.907. The molecule has 1 fully saturated rings. The Hall–Kier alpha value is -1.17. The van der Waals surface area contributed by atoms with E-state index in [1.807, 2.05) is 0 Å². The summed E-state index contributed by atoms with van der Waals surface area (Å²) in [6, 6.07) is -0.487. The molecule has 0 aliphatic heterocycles. The van der Waals surface area contributed by atoms with Gasteiger partial charge in [0, 0.05) is 30.5 Å². The normalized spacial score (nSPS) is 25.1. The number of hydrogen-bond acceptors (Lipinski definition) is 3. The zero-order valence-electron chi connectivity index (χ0n) is 9.95. The molecule has 100 valence electrons. The van der Waals surface area contributed by atoms with Crippen molar-refractivity contribution in [3.63, 3.8) is 0 Å². The van der Waals surface area contributed by atoms with E-state index in [2.05, 4.69) is 15.3 Å². The number of halogens is 3. The Morgan fingerprint density at radius 1 is 1.17 bits per heavy atom. The number of nitrogens with zero attached hydrogens (tertiary/aromatic N) is 2. The maximum atomic E-state index is 12.9. The maximum Gasteiger partial charge on any atom is 0.393 e. The van der Waals surface area contributed by atoms with Crippen LogP contribution in [0.1, 0.15) is 31.2 Å². The van der Waals surface area contributed by atoms with Crippen molar-refractivity contribution in [2.24, 2.45) is 5.92 Å². The van der Waals surface area contributed by atoms with Gasteiger partial charge < -0.3 is 5.32 Å². The lowest BCUT2D eigenvalue weighted by Crippen LogP contribution is -2.45. The van der Waals surface area contributed by atoms with Gasteiger partial charge >= 0.3 is 6.18 Å². The van der Waals surface area contributed by atoms with Crippen LogP contribution in [0.25, 0.3) is 0 Å². The molecule has 1 aliphatic carbocycles. The van der Waals surface area contributed by atoms with Crippen molar-refractivity contribution in [3.8, 4) is 0 Å². The number of rotatable bonds is 3. The summed E-state index contributed by atoms with van der Waals surface area (Å²) in [5.74, 6) is -1.23. The minimum Gasteiger partial charge on any atom is -0.309 e. The molecule has 3 nitrogen and oxygen atoms in total. The highest BCUT2D eigenvalue weighted by Gasteiger charge is 2.45. The summed E-state index contributed by atoms with van der Waals surface area (Å²) in [6.07, 6.45) is 2.86. The number of hydrogen-bond donors (Lipinski definition) is 1. The molecule has 0 radical (unpaired) electrons. The number of alkyl halides is 3. The van der Waals surface area contributed by atoms with E-state index in [-0.39, 0.29) is 6.42 Å². The van der Waals surface area contributed by atoms with Crippen molar-refractivity contribution < 1.29 is 13.2 Å². The molecule has 1 aliphatic rings. The number of nitrogens with one attached hydrogen (secondary N) is 1. The Balaban J connectivity index is 1.94. The first kappa shape index (κ1) is 13.3. The van der Waals surface area contributed by atoms with Gasteiger partial charge in [0.25, 0.3) is 0 Å². The zero-order valence-corrected chi connectivity index (χ0v) is 9.95. The van der Waals surface area contributed by atoms with Crippen LogP contribution in [-0.2, 0) is 6.54 Å². The first-order valence-corrected chi connectivity index (χ1v) is 6.11. The molecule has 2 rings (SSSR count). The average molecular weight is 259 g/mol. The van der Waals surface area contributed by atoms with Crippen LogP contribution in [0.2, 0.25) is 0 Å². The molecule has 0 saturated heterocycles. The van der Waals surface area contributed by atoms with E-state index in [9.17, 15) is 13.2 Å². The highest BCUT2D eigenvalue weighted by Crippen LogP contribution is 2.37. The second-order valence-electron chi connectivity index (χ2n) is 4.67.